The number of hydrogen-bond acceptors (Lipinski definition) is 5. The molecule has 26 heavy (non-hydrogen) atoms. The van der Waals surface area contributed by atoms with E-state index in [-0.39, 0.29) is 5.69 Å². The summed E-state index contributed by atoms with van der Waals surface area (Å²) in [7, 11) is 1.96. The fraction of sp³-hybridized carbons (Fsp3) is 0.400. The number of pyridine rings is 1. The number of carboxylic acid groups (broad SMARTS) is 1. The number of anilines is 1. The molecule has 1 fully saturated rings. The monoisotopic (exact) mass is 354 g/mol. The van der Waals surface area contributed by atoms with Gasteiger partial charge in [-0.25, -0.2) is 9.78 Å². The van der Waals surface area contributed by atoms with Crippen LogP contribution in [0.25, 0.3) is 0 Å². The Morgan fingerprint density at radius 1 is 1.04 bits per heavy atom. The first kappa shape index (κ1) is 18.4. The second-order valence-electron chi connectivity index (χ2n) is 6.71. The number of nitrogens with zero attached hydrogens (tertiary/aromatic N) is 4. The number of hydrogen-bond donors (Lipinski definition) is 1. The van der Waals surface area contributed by atoms with Crippen LogP contribution >= 0.6 is 0 Å². The van der Waals surface area contributed by atoms with Crippen molar-refractivity contribution >= 4 is 11.8 Å². The number of likely N-dealkylation sites (N-methyl/N-ethyl adjacent to an activating group) is 1. The summed E-state index contributed by atoms with van der Waals surface area (Å²) in [5.41, 5.74) is 1.45. The molecular formula is C20H26N4O2. The fourth-order valence-corrected chi connectivity index (χ4v) is 3.17. The molecule has 0 saturated carbocycles. The highest BCUT2D eigenvalue weighted by atomic mass is 16.4. The largest absolute Gasteiger partial charge is 0.477 e. The molecule has 3 rings (SSSR count). The summed E-state index contributed by atoms with van der Waals surface area (Å²) < 4.78 is 0. The lowest BCUT2D eigenvalue weighted by molar-refractivity contribution is 0.0690. The lowest BCUT2D eigenvalue weighted by Crippen LogP contribution is -2.47. The first-order valence-corrected chi connectivity index (χ1v) is 9.02. The number of carbonyl (C=O) groups is 1. The van der Waals surface area contributed by atoms with Crippen molar-refractivity contribution < 1.29 is 9.90 Å². The van der Waals surface area contributed by atoms with Crippen molar-refractivity contribution in [3.8, 4) is 0 Å². The second kappa shape index (κ2) is 8.78. The van der Waals surface area contributed by atoms with Crippen molar-refractivity contribution in [2.24, 2.45) is 0 Å². The maximum Gasteiger partial charge on any atom is 0.354 e. The highest BCUT2D eigenvalue weighted by Crippen LogP contribution is 2.11. The highest BCUT2D eigenvalue weighted by Gasteiger charge is 2.17. The molecule has 6 heteroatoms. The summed E-state index contributed by atoms with van der Waals surface area (Å²) in [4.78, 5) is 22.2. The van der Waals surface area contributed by atoms with Crippen LogP contribution in [0, 0.1) is 0 Å². The zero-order chi connectivity index (χ0) is 18.4. The van der Waals surface area contributed by atoms with E-state index in [4.69, 9.17) is 5.11 Å². The average molecular weight is 354 g/mol. The van der Waals surface area contributed by atoms with Crippen molar-refractivity contribution in [1.82, 2.24) is 14.8 Å². The summed E-state index contributed by atoms with van der Waals surface area (Å²) >= 11 is 0. The van der Waals surface area contributed by atoms with Gasteiger partial charge in [-0.1, -0.05) is 36.4 Å². The van der Waals surface area contributed by atoms with Gasteiger partial charge in [-0.15, -0.1) is 0 Å². The number of rotatable bonds is 7. The molecule has 2 heterocycles. The molecule has 1 aromatic heterocycles. The van der Waals surface area contributed by atoms with Crippen molar-refractivity contribution in [3.63, 3.8) is 0 Å². The van der Waals surface area contributed by atoms with E-state index in [1.807, 2.05) is 18.0 Å². The lowest BCUT2D eigenvalue weighted by Gasteiger charge is -2.35. The van der Waals surface area contributed by atoms with E-state index >= 15 is 0 Å². The molecule has 1 aliphatic heterocycles. The third kappa shape index (κ3) is 5.03. The molecule has 0 spiro atoms. The van der Waals surface area contributed by atoms with E-state index in [2.05, 4.69) is 45.1 Å². The van der Waals surface area contributed by atoms with Gasteiger partial charge in [0.05, 0.1) is 0 Å². The molecule has 0 amide bonds. The number of benzene rings is 1. The molecule has 0 unspecified atom stereocenters. The van der Waals surface area contributed by atoms with E-state index in [1.165, 1.54) is 11.6 Å². The molecule has 0 radical (unpaired) electrons. The van der Waals surface area contributed by atoms with Gasteiger partial charge in [-0.05, 0) is 17.7 Å². The van der Waals surface area contributed by atoms with Crippen LogP contribution < -0.4 is 4.90 Å². The number of aromatic nitrogens is 1. The molecule has 1 aliphatic rings. The SMILES string of the molecule is CN(CCN1CCN(Cc2ccccc2)CC1)c1cccc(C(=O)O)n1. The van der Waals surface area contributed by atoms with Gasteiger partial charge in [-0.2, -0.15) is 0 Å². The Bertz CT molecular complexity index is 715. The highest BCUT2D eigenvalue weighted by molar-refractivity contribution is 5.85. The van der Waals surface area contributed by atoms with Crippen LogP contribution in [0.5, 0.6) is 0 Å². The molecule has 1 saturated heterocycles. The first-order valence-electron chi connectivity index (χ1n) is 9.02. The molecule has 1 aromatic carbocycles. The van der Waals surface area contributed by atoms with E-state index in [0.29, 0.717) is 5.82 Å². The summed E-state index contributed by atoms with van der Waals surface area (Å²) in [5.74, 6) is -0.289. The molecule has 2 aromatic rings. The maximum atomic E-state index is 11.0. The smallest absolute Gasteiger partial charge is 0.354 e. The van der Waals surface area contributed by atoms with Gasteiger partial charge in [0, 0.05) is 52.9 Å². The number of carboxylic acids is 1. The zero-order valence-electron chi connectivity index (χ0n) is 15.2. The van der Waals surface area contributed by atoms with Gasteiger partial charge in [0.2, 0.25) is 0 Å². The Kier molecular flexibility index (Phi) is 6.20. The van der Waals surface area contributed by atoms with Gasteiger partial charge in [0.15, 0.2) is 5.69 Å². The topological polar surface area (TPSA) is 59.9 Å². The minimum atomic E-state index is -0.991. The predicted octanol–water partition coefficient (Wildman–Crippen LogP) is 2.03. The normalized spacial score (nSPS) is 15.7. The van der Waals surface area contributed by atoms with Crippen molar-refractivity contribution in [1.29, 1.82) is 0 Å². The average Bonchev–Trinajstić information content (AvgIpc) is 2.68. The van der Waals surface area contributed by atoms with Crippen LogP contribution in [0.3, 0.4) is 0 Å². The van der Waals surface area contributed by atoms with Gasteiger partial charge in [0.1, 0.15) is 5.82 Å². The molecule has 1 N–H and O–H groups in total. The van der Waals surface area contributed by atoms with Crippen LogP contribution in [0.1, 0.15) is 16.1 Å². The van der Waals surface area contributed by atoms with Crippen LogP contribution in [0.4, 0.5) is 5.82 Å². The zero-order valence-corrected chi connectivity index (χ0v) is 15.2. The Morgan fingerprint density at radius 2 is 1.73 bits per heavy atom. The minimum Gasteiger partial charge on any atom is -0.477 e. The number of aromatic carboxylic acids is 1. The van der Waals surface area contributed by atoms with Crippen LogP contribution in [0.2, 0.25) is 0 Å². The van der Waals surface area contributed by atoms with Crippen molar-refractivity contribution in [2.75, 3.05) is 51.2 Å². The van der Waals surface area contributed by atoms with Crippen LogP contribution in [-0.2, 0) is 6.54 Å². The lowest BCUT2D eigenvalue weighted by atomic mass is 10.2. The van der Waals surface area contributed by atoms with Crippen molar-refractivity contribution in [3.05, 3.63) is 59.8 Å². The number of piperazine rings is 1. The fourth-order valence-electron chi connectivity index (χ4n) is 3.17. The van der Waals surface area contributed by atoms with Gasteiger partial charge in [-0.3, -0.25) is 9.80 Å². The summed E-state index contributed by atoms with van der Waals surface area (Å²) in [5, 5.41) is 9.06. The van der Waals surface area contributed by atoms with Gasteiger partial charge in [0.25, 0.3) is 0 Å². The minimum absolute atomic E-state index is 0.0869. The summed E-state index contributed by atoms with van der Waals surface area (Å²) in [6.45, 7) is 7.06. The Labute approximate surface area is 154 Å². The van der Waals surface area contributed by atoms with Crippen LogP contribution in [0.15, 0.2) is 48.5 Å². The third-order valence-corrected chi connectivity index (χ3v) is 4.81. The predicted molar refractivity (Wildman–Crippen MR) is 103 cm³/mol. The second-order valence-corrected chi connectivity index (χ2v) is 6.71. The first-order chi connectivity index (χ1) is 12.6. The maximum absolute atomic E-state index is 11.0. The molecule has 0 bridgehead atoms. The standard InChI is InChI=1S/C20H26N4O2/c1-22(19-9-5-8-18(21-19)20(25)26)10-11-23-12-14-24(15-13-23)16-17-6-3-2-4-7-17/h2-9H,10-16H2,1H3,(H,25,26). The molecule has 0 atom stereocenters. The Hall–Kier alpha value is -2.44. The van der Waals surface area contributed by atoms with Gasteiger partial charge >= 0.3 is 5.97 Å². The van der Waals surface area contributed by atoms with Gasteiger partial charge < -0.3 is 10.0 Å². The van der Waals surface area contributed by atoms with E-state index < -0.39 is 5.97 Å². The van der Waals surface area contributed by atoms with E-state index in [9.17, 15) is 4.79 Å². The molecule has 0 aliphatic carbocycles. The van der Waals surface area contributed by atoms with Crippen LogP contribution in [-0.4, -0.2) is 72.2 Å². The summed E-state index contributed by atoms with van der Waals surface area (Å²) in [6, 6.07) is 15.7. The Morgan fingerprint density at radius 3 is 2.42 bits per heavy atom. The molecule has 6 nitrogen and oxygen atoms in total. The third-order valence-electron chi connectivity index (χ3n) is 4.81. The summed E-state index contributed by atoms with van der Waals surface area (Å²) in [6.07, 6.45) is 0. The Balaban J connectivity index is 1.43. The van der Waals surface area contributed by atoms with E-state index in [0.717, 1.165) is 45.8 Å². The molecular weight excluding hydrogens is 328 g/mol. The van der Waals surface area contributed by atoms with E-state index in [1.54, 1.807) is 6.07 Å². The van der Waals surface area contributed by atoms with Crippen molar-refractivity contribution in [2.45, 2.75) is 6.54 Å². The molecule has 138 valence electrons. The quantitative estimate of drug-likeness (QED) is 0.821.